The number of ether oxygens (including phenoxy) is 1. The summed E-state index contributed by atoms with van der Waals surface area (Å²) in [4.78, 5) is 20.6. The van der Waals surface area contributed by atoms with Crippen LogP contribution in [0.2, 0.25) is 0 Å². The second-order valence-electron chi connectivity index (χ2n) is 7.76. The molecular formula is C25H21F2N5O2. The summed E-state index contributed by atoms with van der Waals surface area (Å²) in [6.07, 6.45) is 0.967. The molecule has 0 aliphatic carbocycles. The number of rotatable bonds is 7. The van der Waals surface area contributed by atoms with Gasteiger partial charge in [-0.2, -0.15) is 5.10 Å². The van der Waals surface area contributed by atoms with Crippen LogP contribution in [0, 0.1) is 0 Å². The van der Waals surface area contributed by atoms with E-state index < -0.39 is 12.3 Å². The number of nitrogens with one attached hydrogen (secondary N) is 2. The van der Waals surface area contributed by atoms with E-state index in [0.717, 1.165) is 26.7 Å². The van der Waals surface area contributed by atoms with Crippen molar-refractivity contribution in [3.8, 4) is 17.0 Å². The minimum absolute atomic E-state index is 0.0889. The Morgan fingerprint density at radius 1 is 1.18 bits per heavy atom. The van der Waals surface area contributed by atoms with Crippen molar-refractivity contribution in [3.63, 3.8) is 0 Å². The molecule has 0 radical (unpaired) electrons. The summed E-state index contributed by atoms with van der Waals surface area (Å²) in [6, 6.07) is 16.0. The van der Waals surface area contributed by atoms with E-state index in [2.05, 4.69) is 20.4 Å². The molecular weight excluding hydrogens is 440 g/mol. The van der Waals surface area contributed by atoms with Crippen LogP contribution < -0.4 is 10.1 Å². The summed E-state index contributed by atoms with van der Waals surface area (Å²) in [5.74, 6) is 0.323. The van der Waals surface area contributed by atoms with Crippen molar-refractivity contribution in [1.29, 1.82) is 0 Å². The molecule has 9 heteroatoms. The molecule has 0 fully saturated rings. The number of carbonyl (C=O) groups is 1. The van der Waals surface area contributed by atoms with E-state index in [-0.39, 0.29) is 16.9 Å². The van der Waals surface area contributed by atoms with E-state index in [1.807, 2.05) is 30.5 Å². The van der Waals surface area contributed by atoms with Crippen molar-refractivity contribution in [2.24, 2.45) is 0 Å². The molecule has 0 saturated carbocycles. The van der Waals surface area contributed by atoms with Gasteiger partial charge in [0.05, 0.1) is 19.0 Å². The average Bonchev–Trinajstić information content (AvgIpc) is 3.47. The Morgan fingerprint density at radius 2 is 2.00 bits per heavy atom. The highest BCUT2D eigenvalue weighted by atomic mass is 19.3. The number of nitrogens with zero attached hydrogens (tertiary/aromatic N) is 3. The van der Waals surface area contributed by atoms with Crippen LogP contribution in [0.5, 0.6) is 5.75 Å². The number of hydrogen-bond acceptors (Lipinski definition) is 4. The Bertz CT molecular complexity index is 1480. The number of methoxy groups -OCH3 is 1. The lowest BCUT2D eigenvalue weighted by Gasteiger charge is -2.09. The van der Waals surface area contributed by atoms with E-state index in [4.69, 9.17) is 4.74 Å². The quantitative estimate of drug-likeness (QED) is 0.365. The Morgan fingerprint density at radius 3 is 2.76 bits per heavy atom. The third-order valence-electron chi connectivity index (χ3n) is 5.69. The van der Waals surface area contributed by atoms with Gasteiger partial charge in [0, 0.05) is 29.2 Å². The molecule has 2 aromatic carbocycles. The zero-order valence-electron chi connectivity index (χ0n) is 18.3. The van der Waals surface area contributed by atoms with Gasteiger partial charge in [0.2, 0.25) is 0 Å². The number of halogens is 2. The lowest BCUT2D eigenvalue weighted by Crippen LogP contribution is -2.25. The van der Waals surface area contributed by atoms with Gasteiger partial charge in [-0.05, 0) is 36.2 Å². The molecule has 0 aliphatic heterocycles. The van der Waals surface area contributed by atoms with Gasteiger partial charge in [-0.1, -0.05) is 30.3 Å². The molecule has 0 saturated heterocycles. The van der Waals surface area contributed by atoms with Gasteiger partial charge < -0.3 is 15.0 Å². The van der Waals surface area contributed by atoms with Gasteiger partial charge in [-0.25, -0.2) is 18.3 Å². The first-order valence-corrected chi connectivity index (χ1v) is 10.7. The number of alkyl halides is 2. The number of carbonyl (C=O) groups excluding carboxylic acids is 1. The SMILES string of the molecule is COc1ccc2[nH]cc(CCNC(=O)c3cnn4c(C(F)F)cc(-c5ccccc5)nc34)c2c1. The molecule has 2 N–H and O–H groups in total. The van der Waals surface area contributed by atoms with Gasteiger partial charge >= 0.3 is 0 Å². The minimum Gasteiger partial charge on any atom is -0.497 e. The second-order valence-corrected chi connectivity index (χ2v) is 7.76. The summed E-state index contributed by atoms with van der Waals surface area (Å²) in [6.45, 7) is 0.348. The molecule has 0 atom stereocenters. The minimum atomic E-state index is -2.78. The second kappa shape index (κ2) is 8.93. The van der Waals surface area contributed by atoms with E-state index in [0.29, 0.717) is 24.2 Å². The molecule has 3 heterocycles. The third-order valence-corrected chi connectivity index (χ3v) is 5.69. The molecule has 3 aromatic heterocycles. The standard InChI is InChI=1S/C25H21F2N5O2/c1-34-17-7-8-20-18(11-17)16(13-29-20)9-10-28-25(33)19-14-30-32-22(23(26)27)12-21(31-24(19)32)15-5-3-2-4-6-15/h2-8,11-14,23,29H,9-10H2,1H3,(H,28,33). The van der Waals surface area contributed by atoms with Crippen molar-refractivity contribution < 1.29 is 18.3 Å². The van der Waals surface area contributed by atoms with E-state index >= 15 is 0 Å². The lowest BCUT2D eigenvalue weighted by molar-refractivity contribution is 0.0955. The Kier molecular flexibility index (Phi) is 5.67. The molecule has 5 aromatic rings. The van der Waals surface area contributed by atoms with Crippen LogP contribution in [-0.4, -0.2) is 39.1 Å². The molecule has 1 amide bonds. The first-order valence-electron chi connectivity index (χ1n) is 10.7. The van der Waals surface area contributed by atoms with Crippen LogP contribution in [0.3, 0.4) is 0 Å². The van der Waals surface area contributed by atoms with Gasteiger partial charge in [-0.15, -0.1) is 0 Å². The van der Waals surface area contributed by atoms with Gasteiger partial charge in [0.25, 0.3) is 12.3 Å². The largest absolute Gasteiger partial charge is 0.497 e. The number of amides is 1. The molecule has 0 bridgehead atoms. The number of aromatic amines is 1. The van der Waals surface area contributed by atoms with Crippen LogP contribution in [0.15, 0.2) is 67.0 Å². The highest BCUT2D eigenvalue weighted by Gasteiger charge is 2.21. The topological polar surface area (TPSA) is 84.3 Å². The Balaban J connectivity index is 1.40. The highest BCUT2D eigenvalue weighted by Crippen LogP contribution is 2.27. The summed E-state index contributed by atoms with van der Waals surface area (Å²) in [5, 5.41) is 7.87. The molecule has 0 spiro atoms. The van der Waals surface area contributed by atoms with Crippen molar-refractivity contribution in [2.45, 2.75) is 12.8 Å². The number of H-pyrrole nitrogens is 1. The van der Waals surface area contributed by atoms with Crippen LogP contribution >= 0.6 is 0 Å². The normalized spacial score (nSPS) is 11.4. The fourth-order valence-corrected chi connectivity index (χ4v) is 3.96. The maximum Gasteiger partial charge on any atom is 0.280 e. The Hall–Kier alpha value is -4.27. The summed E-state index contributed by atoms with van der Waals surface area (Å²) in [7, 11) is 1.61. The van der Waals surface area contributed by atoms with Crippen LogP contribution in [0.4, 0.5) is 8.78 Å². The maximum atomic E-state index is 13.7. The fraction of sp³-hybridized carbons (Fsp3) is 0.160. The number of benzene rings is 2. The number of aromatic nitrogens is 4. The van der Waals surface area contributed by atoms with Crippen molar-refractivity contribution in [3.05, 3.63) is 83.8 Å². The van der Waals surface area contributed by atoms with E-state index in [9.17, 15) is 13.6 Å². The average molecular weight is 461 g/mol. The van der Waals surface area contributed by atoms with Gasteiger partial charge in [0.15, 0.2) is 5.65 Å². The van der Waals surface area contributed by atoms with Gasteiger partial charge in [0.1, 0.15) is 17.0 Å². The lowest BCUT2D eigenvalue weighted by atomic mass is 10.1. The van der Waals surface area contributed by atoms with E-state index in [1.54, 1.807) is 31.4 Å². The number of hydrogen-bond donors (Lipinski definition) is 2. The van der Waals surface area contributed by atoms with Crippen molar-refractivity contribution in [1.82, 2.24) is 24.9 Å². The smallest absolute Gasteiger partial charge is 0.280 e. The van der Waals surface area contributed by atoms with Crippen molar-refractivity contribution in [2.75, 3.05) is 13.7 Å². The molecule has 34 heavy (non-hydrogen) atoms. The molecule has 7 nitrogen and oxygen atoms in total. The molecule has 0 aliphatic rings. The van der Waals surface area contributed by atoms with Crippen LogP contribution in [0.1, 0.15) is 28.0 Å². The maximum absolute atomic E-state index is 13.7. The number of fused-ring (bicyclic) bond motifs is 2. The summed E-state index contributed by atoms with van der Waals surface area (Å²) < 4.78 is 33.8. The zero-order valence-corrected chi connectivity index (χ0v) is 18.3. The monoisotopic (exact) mass is 461 g/mol. The molecule has 0 unspecified atom stereocenters. The van der Waals surface area contributed by atoms with Crippen LogP contribution in [-0.2, 0) is 6.42 Å². The molecule has 5 rings (SSSR count). The predicted octanol–water partition coefficient (Wildman–Crippen LogP) is 4.80. The predicted molar refractivity (Wildman–Crippen MR) is 124 cm³/mol. The van der Waals surface area contributed by atoms with Crippen LogP contribution in [0.25, 0.3) is 27.8 Å². The first kappa shape index (κ1) is 21.6. The Labute approximate surface area is 193 Å². The molecule has 172 valence electrons. The first-order chi connectivity index (χ1) is 16.5. The zero-order chi connectivity index (χ0) is 23.7. The third kappa shape index (κ3) is 3.96. The highest BCUT2D eigenvalue weighted by molar-refractivity contribution is 6.00. The van der Waals surface area contributed by atoms with E-state index in [1.165, 1.54) is 12.3 Å². The summed E-state index contributed by atoms with van der Waals surface area (Å²) in [5.41, 5.74) is 2.93. The summed E-state index contributed by atoms with van der Waals surface area (Å²) >= 11 is 0. The fourth-order valence-electron chi connectivity index (χ4n) is 3.96. The van der Waals surface area contributed by atoms with Crippen molar-refractivity contribution >= 4 is 22.5 Å². The van der Waals surface area contributed by atoms with Gasteiger partial charge in [-0.3, -0.25) is 4.79 Å².